The molecule has 9 nitrogen and oxygen atoms in total. The quantitative estimate of drug-likeness (QED) is 0.439. The summed E-state index contributed by atoms with van der Waals surface area (Å²) in [6, 6.07) is 7.35. The molecule has 134 valence electrons. The smallest absolute Gasteiger partial charge is 0.284 e. The predicted octanol–water partition coefficient (Wildman–Crippen LogP) is 1.66. The Bertz CT molecular complexity index is 957. The lowest BCUT2D eigenvalue weighted by Gasteiger charge is -2.29. The second-order valence-corrected chi connectivity index (χ2v) is 8.66. The predicted molar refractivity (Wildman–Crippen MR) is 89.1 cm³/mol. The number of hydrogen-bond acceptors (Lipinski definition) is 6. The van der Waals surface area contributed by atoms with Crippen molar-refractivity contribution in [2.75, 3.05) is 0 Å². The van der Waals surface area contributed by atoms with Crippen LogP contribution in [0, 0.1) is 10.1 Å². The topological polar surface area (TPSA) is 152 Å². The average molecular weight is 387 g/mol. The Morgan fingerprint density at radius 1 is 1.12 bits per heavy atom. The van der Waals surface area contributed by atoms with Crippen molar-refractivity contribution in [3.05, 3.63) is 75.9 Å². The van der Waals surface area contributed by atoms with Gasteiger partial charge in [0.05, 0.1) is 10.5 Å². The Kier molecular flexibility index (Phi) is 4.95. The van der Waals surface area contributed by atoms with Crippen molar-refractivity contribution in [1.29, 1.82) is 0 Å². The minimum absolute atomic E-state index is 0.0857. The Hall–Kier alpha value is -2.34. The average Bonchev–Trinajstić information content (AvgIpc) is 2.51. The fraction of sp³-hybridized carbons (Fsp3) is 0.143. The first-order chi connectivity index (χ1) is 11.5. The molecular weight excluding hydrogens is 374 g/mol. The zero-order valence-electron chi connectivity index (χ0n) is 12.5. The molecule has 0 atom stereocenters. The molecule has 0 saturated heterocycles. The van der Waals surface area contributed by atoms with Gasteiger partial charge in [0.2, 0.25) is 0 Å². The summed E-state index contributed by atoms with van der Waals surface area (Å²) >= 11 is 0. The van der Waals surface area contributed by atoms with Gasteiger partial charge in [-0.25, -0.2) is 0 Å². The largest absolute Gasteiger partial charge is 0.292 e. The molecule has 0 saturated carbocycles. The summed E-state index contributed by atoms with van der Waals surface area (Å²) in [5.74, 6) is 0. The van der Waals surface area contributed by atoms with Crippen LogP contribution in [-0.4, -0.2) is 34.9 Å². The highest BCUT2D eigenvalue weighted by Gasteiger charge is 2.57. The Morgan fingerprint density at radius 2 is 1.68 bits per heavy atom. The summed E-state index contributed by atoms with van der Waals surface area (Å²) in [6.07, 6.45) is 3.25. The molecular formula is C14H13NO8S2. The molecule has 0 aromatic heterocycles. The monoisotopic (exact) mass is 387 g/mol. The number of hydrogen-bond donors (Lipinski definition) is 2. The molecule has 0 spiro atoms. The second kappa shape index (κ2) is 6.52. The molecule has 0 aliphatic heterocycles. The minimum Gasteiger partial charge on any atom is -0.284 e. The van der Waals surface area contributed by atoms with E-state index >= 15 is 0 Å². The third-order valence-electron chi connectivity index (χ3n) is 3.63. The van der Waals surface area contributed by atoms with Gasteiger partial charge in [-0.3, -0.25) is 19.2 Å². The lowest BCUT2D eigenvalue weighted by atomic mass is 10.0. The molecule has 0 heterocycles. The van der Waals surface area contributed by atoms with E-state index in [1.165, 1.54) is 30.3 Å². The standard InChI is InChI=1S/C14H13NO8S2/c16-15(17)13(11-6-2-1-3-7-11)10-12-8-4-5-9-14(12,24(18,19)20)25(21,22)23/h1-8,10H,9H2,(H,18,19,20)(H,21,22,23). The fourth-order valence-corrected chi connectivity index (χ4v) is 4.96. The Balaban J connectivity index is 2.79. The molecule has 1 aromatic rings. The molecule has 0 radical (unpaired) electrons. The van der Waals surface area contributed by atoms with E-state index in [4.69, 9.17) is 0 Å². The Morgan fingerprint density at radius 3 is 2.16 bits per heavy atom. The molecule has 0 bridgehead atoms. The van der Waals surface area contributed by atoms with E-state index in [1.807, 2.05) is 0 Å². The summed E-state index contributed by atoms with van der Waals surface area (Å²) in [4.78, 5) is 10.5. The van der Waals surface area contributed by atoms with E-state index in [1.54, 1.807) is 6.07 Å². The highest BCUT2D eigenvalue weighted by molar-refractivity contribution is 8.05. The van der Waals surface area contributed by atoms with Crippen molar-refractivity contribution in [3.8, 4) is 0 Å². The minimum atomic E-state index is -5.37. The summed E-state index contributed by atoms with van der Waals surface area (Å²) in [5.41, 5.74) is -1.16. The van der Waals surface area contributed by atoms with Crippen LogP contribution in [0.3, 0.4) is 0 Å². The molecule has 1 aromatic carbocycles. The highest BCUT2D eigenvalue weighted by atomic mass is 32.3. The van der Waals surface area contributed by atoms with E-state index < -0.39 is 46.9 Å². The van der Waals surface area contributed by atoms with Gasteiger partial charge in [0.25, 0.3) is 30.0 Å². The number of benzene rings is 1. The molecule has 2 rings (SSSR count). The molecule has 1 aliphatic rings. The molecule has 11 heteroatoms. The molecule has 0 unspecified atom stereocenters. The van der Waals surface area contributed by atoms with E-state index in [2.05, 4.69) is 0 Å². The Labute approximate surface area is 143 Å². The van der Waals surface area contributed by atoms with Crippen molar-refractivity contribution in [2.45, 2.75) is 10.5 Å². The lowest BCUT2D eigenvalue weighted by Crippen LogP contribution is -2.47. The molecule has 0 amide bonds. The van der Waals surface area contributed by atoms with Crippen LogP contribution in [0.4, 0.5) is 0 Å². The van der Waals surface area contributed by atoms with Gasteiger partial charge in [-0.2, -0.15) is 16.8 Å². The van der Waals surface area contributed by atoms with E-state index in [-0.39, 0.29) is 5.56 Å². The van der Waals surface area contributed by atoms with Crippen molar-refractivity contribution in [2.24, 2.45) is 0 Å². The van der Waals surface area contributed by atoms with Gasteiger partial charge >= 0.3 is 0 Å². The maximum atomic E-state index is 11.8. The number of rotatable bonds is 5. The fourth-order valence-electron chi connectivity index (χ4n) is 2.44. The van der Waals surface area contributed by atoms with Gasteiger partial charge in [0.1, 0.15) is 0 Å². The maximum absolute atomic E-state index is 11.8. The first kappa shape index (κ1) is 19.0. The van der Waals surface area contributed by atoms with Gasteiger partial charge < -0.3 is 0 Å². The van der Waals surface area contributed by atoms with Gasteiger partial charge in [-0.15, -0.1) is 0 Å². The van der Waals surface area contributed by atoms with Crippen LogP contribution >= 0.6 is 0 Å². The van der Waals surface area contributed by atoms with Gasteiger partial charge in [-0.1, -0.05) is 36.4 Å². The number of allylic oxidation sites excluding steroid dienone is 4. The maximum Gasteiger partial charge on any atom is 0.292 e. The van der Waals surface area contributed by atoms with Crippen LogP contribution < -0.4 is 0 Å². The van der Waals surface area contributed by atoms with Gasteiger partial charge in [-0.05, 0) is 12.1 Å². The van der Waals surface area contributed by atoms with Crippen LogP contribution in [0.2, 0.25) is 0 Å². The summed E-state index contributed by atoms with van der Waals surface area (Å²) < 4.78 is 63.0. The molecule has 1 aliphatic carbocycles. The van der Waals surface area contributed by atoms with E-state index in [0.29, 0.717) is 6.08 Å². The van der Waals surface area contributed by atoms with E-state index in [9.17, 15) is 36.1 Å². The van der Waals surface area contributed by atoms with Crippen LogP contribution in [0.5, 0.6) is 0 Å². The SMILES string of the molecule is O=[N+]([O-])C(=CC1=CC=CCC1(S(=O)(=O)O)S(=O)(=O)O)c1ccccc1. The van der Waals surface area contributed by atoms with Crippen molar-refractivity contribution in [1.82, 2.24) is 0 Å². The first-order valence-corrected chi connectivity index (χ1v) is 9.61. The number of nitro groups is 1. The summed E-state index contributed by atoms with van der Waals surface area (Å²) in [6.45, 7) is 0. The molecule has 0 fully saturated rings. The van der Waals surface area contributed by atoms with E-state index in [0.717, 1.165) is 12.2 Å². The normalized spacial score (nSPS) is 17.8. The zero-order valence-corrected chi connectivity index (χ0v) is 14.1. The van der Waals surface area contributed by atoms with Gasteiger partial charge in [0, 0.05) is 18.1 Å². The van der Waals surface area contributed by atoms with Crippen LogP contribution in [-0.2, 0) is 20.2 Å². The molecule has 25 heavy (non-hydrogen) atoms. The lowest BCUT2D eigenvalue weighted by molar-refractivity contribution is -0.375. The van der Waals surface area contributed by atoms with Crippen LogP contribution in [0.15, 0.2) is 60.2 Å². The summed E-state index contributed by atoms with van der Waals surface area (Å²) in [7, 11) is -10.7. The second-order valence-electron chi connectivity index (χ2n) is 5.11. The molecule has 2 N–H and O–H groups in total. The van der Waals surface area contributed by atoms with Crippen molar-refractivity contribution >= 4 is 25.9 Å². The van der Waals surface area contributed by atoms with Crippen molar-refractivity contribution in [3.63, 3.8) is 0 Å². The number of nitrogens with zero attached hydrogens (tertiary/aromatic N) is 1. The highest BCUT2D eigenvalue weighted by Crippen LogP contribution is 2.40. The third kappa shape index (κ3) is 3.39. The third-order valence-corrected chi connectivity index (χ3v) is 7.37. The van der Waals surface area contributed by atoms with Crippen LogP contribution in [0.1, 0.15) is 12.0 Å². The first-order valence-electron chi connectivity index (χ1n) is 6.73. The van der Waals surface area contributed by atoms with Crippen LogP contribution in [0.25, 0.3) is 5.70 Å². The summed E-state index contributed by atoms with van der Waals surface area (Å²) in [5, 5.41) is 11.4. The van der Waals surface area contributed by atoms with Crippen molar-refractivity contribution < 1.29 is 30.9 Å². The van der Waals surface area contributed by atoms with Gasteiger partial charge in [0.15, 0.2) is 0 Å². The zero-order chi connectivity index (χ0) is 18.9.